The molecule has 0 N–H and O–H groups in total. The van der Waals surface area contributed by atoms with E-state index in [2.05, 4.69) is 32.6 Å². The third-order valence-electron chi connectivity index (χ3n) is 3.95. The molecular formula is C15H27NO2. The van der Waals surface area contributed by atoms with Crippen molar-refractivity contribution in [3.63, 3.8) is 0 Å². The second-order valence-corrected chi connectivity index (χ2v) is 7.21. The molecule has 104 valence electrons. The number of morpholine rings is 1. The molecule has 1 heterocycles. The van der Waals surface area contributed by atoms with Crippen molar-refractivity contribution in [2.24, 2.45) is 5.92 Å². The molecule has 1 saturated carbocycles. The highest BCUT2D eigenvalue weighted by molar-refractivity contribution is 5.83. The summed E-state index contributed by atoms with van der Waals surface area (Å²) < 4.78 is 6.05. The predicted molar refractivity (Wildman–Crippen MR) is 72.6 cm³/mol. The van der Waals surface area contributed by atoms with E-state index in [1.54, 1.807) is 0 Å². The van der Waals surface area contributed by atoms with Crippen molar-refractivity contribution < 1.29 is 9.53 Å². The van der Waals surface area contributed by atoms with Crippen molar-refractivity contribution in [2.75, 3.05) is 19.6 Å². The van der Waals surface area contributed by atoms with Gasteiger partial charge in [0.25, 0.3) is 0 Å². The molecule has 3 heteroatoms. The third-order valence-corrected chi connectivity index (χ3v) is 3.95. The number of rotatable bonds is 3. The Bertz CT molecular complexity index is 300. The lowest BCUT2D eigenvalue weighted by atomic mass is 9.96. The van der Waals surface area contributed by atoms with Crippen LogP contribution in [0.5, 0.6) is 0 Å². The molecular weight excluding hydrogens is 226 g/mol. The second kappa shape index (κ2) is 4.93. The summed E-state index contributed by atoms with van der Waals surface area (Å²) in [6, 6.07) is 0. The van der Waals surface area contributed by atoms with E-state index in [0.717, 1.165) is 25.9 Å². The summed E-state index contributed by atoms with van der Waals surface area (Å²) in [5, 5.41) is 0. The fraction of sp³-hybridized carbons (Fsp3) is 0.933. The summed E-state index contributed by atoms with van der Waals surface area (Å²) in [4.78, 5) is 14.5. The van der Waals surface area contributed by atoms with Crippen molar-refractivity contribution in [1.29, 1.82) is 0 Å². The fourth-order valence-electron chi connectivity index (χ4n) is 3.65. The highest BCUT2D eigenvalue weighted by atomic mass is 16.5. The highest BCUT2D eigenvalue weighted by Gasteiger charge is 2.39. The number of ketones is 1. The van der Waals surface area contributed by atoms with Crippen molar-refractivity contribution in [3.05, 3.63) is 0 Å². The first-order chi connectivity index (χ1) is 8.27. The Hall–Kier alpha value is -0.410. The van der Waals surface area contributed by atoms with Crippen LogP contribution in [0.2, 0.25) is 0 Å². The SMILES string of the molecule is CC1(C)CN(CC(=O)C2CCCC2)CC(C)(C)O1. The van der Waals surface area contributed by atoms with Crippen LogP contribution in [0.25, 0.3) is 0 Å². The zero-order valence-corrected chi connectivity index (χ0v) is 12.3. The number of hydrogen-bond acceptors (Lipinski definition) is 3. The Kier molecular flexibility index (Phi) is 3.84. The Morgan fingerprint density at radius 1 is 1.11 bits per heavy atom. The molecule has 0 atom stereocenters. The highest BCUT2D eigenvalue weighted by Crippen LogP contribution is 2.30. The molecule has 2 rings (SSSR count). The summed E-state index contributed by atoms with van der Waals surface area (Å²) >= 11 is 0. The second-order valence-electron chi connectivity index (χ2n) is 7.21. The van der Waals surface area contributed by atoms with Crippen LogP contribution in [0.4, 0.5) is 0 Å². The van der Waals surface area contributed by atoms with Gasteiger partial charge in [0, 0.05) is 19.0 Å². The van der Waals surface area contributed by atoms with Crippen molar-refractivity contribution in [2.45, 2.75) is 64.6 Å². The van der Waals surface area contributed by atoms with Crippen LogP contribution in [-0.4, -0.2) is 41.5 Å². The maximum Gasteiger partial charge on any atom is 0.149 e. The van der Waals surface area contributed by atoms with Crippen LogP contribution in [-0.2, 0) is 9.53 Å². The van der Waals surface area contributed by atoms with Crippen LogP contribution in [0.1, 0.15) is 53.4 Å². The lowest BCUT2D eigenvalue weighted by Gasteiger charge is -2.47. The van der Waals surface area contributed by atoms with Gasteiger partial charge in [-0.2, -0.15) is 0 Å². The summed E-state index contributed by atoms with van der Waals surface area (Å²) in [5.74, 6) is 0.778. The molecule has 0 amide bonds. The van der Waals surface area contributed by atoms with Crippen molar-refractivity contribution in [1.82, 2.24) is 4.90 Å². The van der Waals surface area contributed by atoms with Crippen molar-refractivity contribution in [3.8, 4) is 0 Å². The Morgan fingerprint density at radius 2 is 1.61 bits per heavy atom. The van der Waals surface area contributed by atoms with E-state index in [0.29, 0.717) is 18.2 Å². The predicted octanol–water partition coefficient (Wildman–Crippen LogP) is 2.64. The van der Waals surface area contributed by atoms with Crippen LogP contribution >= 0.6 is 0 Å². The van der Waals surface area contributed by atoms with Crippen LogP contribution in [0.15, 0.2) is 0 Å². The van der Waals surface area contributed by atoms with E-state index >= 15 is 0 Å². The molecule has 18 heavy (non-hydrogen) atoms. The van der Waals surface area contributed by atoms with E-state index in [1.807, 2.05) is 0 Å². The molecule has 2 aliphatic rings. The molecule has 0 aromatic rings. The van der Waals surface area contributed by atoms with Crippen LogP contribution < -0.4 is 0 Å². The van der Waals surface area contributed by atoms with Gasteiger partial charge in [-0.05, 0) is 40.5 Å². The lowest BCUT2D eigenvalue weighted by molar-refractivity contribution is -0.181. The summed E-state index contributed by atoms with van der Waals surface area (Å²) in [6.07, 6.45) is 4.68. The van der Waals surface area contributed by atoms with Crippen LogP contribution in [0, 0.1) is 5.92 Å². The molecule has 0 aromatic carbocycles. The van der Waals surface area contributed by atoms with E-state index in [4.69, 9.17) is 4.74 Å². The maximum absolute atomic E-state index is 12.3. The average molecular weight is 253 g/mol. The van der Waals surface area contributed by atoms with Gasteiger partial charge in [-0.25, -0.2) is 0 Å². The molecule has 0 bridgehead atoms. The number of nitrogens with zero attached hydrogens (tertiary/aromatic N) is 1. The molecule has 3 nitrogen and oxygen atoms in total. The number of ether oxygens (including phenoxy) is 1. The minimum absolute atomic E-state index is 0.155. The third kappa shape index (κ3) is 3.55. The molecule has 1 saturated heterocycles. The zero-order chi connectivity index (χ0) is 13.4. The monoisotopic (exact) mass is 253 g/mol. The Labute approximate surface area is 111 Å². The molecule has 0 aromatic heterocycles. The quantitative estimate of drug-likeness (QED) is 0.774. The number of Topliss-reactive ketones (excluding diaryl/α,β-unsaturated/α-hetero) is 1. The Morgan fingerprint density at radius 3 is 2.11 bits per heavy atom. The number of carbonyl (C=O) groups excluding carboxylic acids is 1. The van der Waals surface area contributed by atoms with Gasteiger partial charge >= 0.3 is 0 Å². The van der Waals surface area contributed by atoms with Gasteiger partial charge in [-0.1, -0.05) is 12.8 Å². The first-order valence-corrected chi connectivity index (χ1v) is 7.23. The minimum Gasteiger partial charge on any atom is -0.367 e. The molecule has 1 aliphatic carbocycles. The largest absolute Gasteiger partial charge is 0.367 e. The minimum atomic E-state index is -0.155. The van der Waals surface area contributed by atoms with E-state index in [-0.39, 0.29) is 11.2 Å². The maximum atomic E-state index is 12.3. The van der Waals surface area contributed by atoms with E-state index in [9.17, 15) is 4.79 Å². The zero-order valence-electron chi connectivity index (χ0n) is 12.3. The van der Waals surface area contributed by atoms with Gasteiger partial charge in [-0.15, -0.1) is 0 Å². The molecule has 1 aliphatic heterocycles. The van der Waals surface area contributed by atoms with Gasteiger partial charge in [0.1, 0.15) is 5.78 Å². The molecule has 0 radical (unpaired) electrons. The van der Waals surface area contributed by atoms with Gasteiger partial charge in [-0.3, -0.25) is 9.69 Å². The van der Waals surface area contributed by atoms with Gasteiger partial charge in [0.15, 0.2) is 0 Å². The molecule has 0 unspecified atom stereocenters. The van der Waals surface area contributed by atoms with Crippen molar-refractivity contribution >= 4 is 5.78 Å². The molecule has 2 fully saturated rings. The van der Waals surface area contributed by atoms with Gasteiger partial charge in [0.05, 0.1) is 17.7 Å². The van der Waals surface area contributed by atoms with Crippen LogP contribution in [0.3, 0.4) is 0 Å². The van der Waals surface area contributed by atoms with Gasteiger partial charge in [0.2, 0.25) is 0 Å². The van der Waals surface area contributed by atoms with E-state index in [1.165, 1.54) is 12.8 Å². The standard InChI is InChI=1S/C15H27NO2/c1-14(2)10-16(11-15(3,4)18-14)9-13(17)12-7-5-6-8-12/h12H,5-11H2,1-4H3. The first-order valence-electron chi connectivity index (χ1n) is 7.23. The Balaban J connectivity index is 1.94. The number of hydrogen-bond donors (Lipinski definition) is 0. The summed E-state index contributed by atoms with van der Waals surface area (Å²) in [5.41, 5.74) is -0.310. The topological polar surface area (TPSA) is 29.5 Å². The summed E-state index contributed by atoms with van der Waals surface area (Å²) in [6.45, 7) is 10.8. The fourth-order valence-corrected chi connectivity index (χ4v) is 3.65. The normalized spacial score (nSPS) is 28.4. The average Bonchev–Trinajstić information content (AvgIpc) is 2.63. The summed E-state index contributed by atoms with van der Waals surface area (Å²) in [7, 11) is 0. The van der Waals surface area contributed by atoms with E-state index < -0.39 is 0 Å². The van der Waals surface area contributed by atoms with Gasteiger partial charge < -0.3 is 4.74 Å². The smallest absolute Gasteiger partial charge is 0.149 e. The first kappa shape index (κ1) is 14.0. The molecule has 0 spiro atoms. The lowest BCUT2D eigenvalue weighted by Crippen LogP contribution is -2.58. The number of carbonyl (C=O) groups is 1.